The molecule has 0 aliphatic heterocycles. The van der Waals surface area contributed by atoms with Crippen LogP contribution in [0.2, 0.25) is 0 Å². The maximum atomic E-state index is 13.0. The van der Waals surface area contributed by atoms with E-state index < -0.39 is 5.25 Å². The maximum absolute atomic E-state index is 13.0. The van der Waals surface area contributed by atoms with Crippen molar-refractivity contribution in [2.75, 3.05) is 11.1 Å². The quantitative estimate of drug-likeness (QED) is 0.678. The Morgan fingerprint density at radius 3 is 2.46 bits per heavy atom. The number of halogens is 1. The number of hydrogen-bond donors (Lipinski definition) is 2. The molecule has 0 radical (unpaired) electrons. The fourth-order valence-corrected chi connectivity index (χ4v) is 3.84. The first kappa shape index (κ1) is 16.4. The van der Waals surface area contributed by atoms with E-state index in [9.17, 15) is 9.18 Å². The van der Waals surface area contributed by atoms with Crippen LogP contribution in [0.4, 0.5) is 15.2 Å². The highest BCUT2D eigenvalue weighted by Gasteiger charge is 2.24. The molecule has 0 saturated heterocycles. The summed E-state index contributed by atoms with van der Waals surface area (Å²) in [6.45, 7) is 0. The number of nitrogens with two attached hydrogens (primary N) is 1. The molecule has 0 bridgehead atoms. The smallest absolute Gasteiger partial charge is 0.242 e. The Labute approximate surface area is 146 Å². The Balaban J connectivity index is 1.83. The summed E-state index contributed by atoms with van der Waals surface area (Å²) in [7, 11) is 0. The molecule has 3 rings (SSSR count). The summed E-state index contributed by atoms with van der Waals surface area (Å²) in [5.41, 5.74) is 6.96. The van der Waals surface area contributed by atoms with Crippen molar-refractivity contribution in [1.82, 2.24) is 10.2 Å². The molecule has 0 aliphatic rings. The number of aromatic nitrogens is 2. The second-order valence-corrected chi connectivity index (χ2v) is 7.17. The summed E-state index contributed by atoms with van der Waals surface area (Å²) < 4.78 is 13.6. The molecule has 1 amide bonds. The number of thioether (sulfide) groups is 1. The molecule has 1 atom stereocenters. The number of carbonyl (C=O) groups is 1. The second-order valence-electron chi connectivity index (χ2n) is 4.81. The standard InChI is InChI=1S/C16H13FN4OS2/c17-11-6-8-12(9-7-11)19-14(22)13(10-4-2-1-3-5-10)23-16-21-20-15(18)24-16/h1-9,13H,(H2,18,20)(H,19,22). The molecule has 8 heteroatoms. The van der Waals surface area contributed by atoms with Gasteiger partial charge in [-0.15, -0.1) is 10.2 Å². The minimum atomic E-state index is -0.524. The lowest BCUT2D eigenvalue weighted by atomic mass is 10.1. The molecular weight excluding hydrogens is 347 g/mol. The number of nitrogens with one attached hydrogen (secondary N) is 1. The molecule has 1 aromatic heterocycles. The highest BCUT2D eigenvalue weighted by atomic mass is 32.2. The van der Waals surface area contributed by atoms with Crippen molar-refractivity contribution >= 4 is 39.8 Å². The summed E-state index contributed by atoms with van der Waals surface area (Å²) in [4.78, 5) is 12.7. The van der Waals surface area contributed by atoms with E-state index in [1.807, 2.05) is 30.3 Å². The molecule has 0 fully saturated rings. The first-order valence-corrected chi connectivity index (χ1v) is 8.68. The van der Waals surface area contributed by atoms with Gasteiger partial charge < -0.3 is 11.1 Å². The first-order chi connectivity index (χ1) is 11.6. The van der Waals surface area contributed by atoms with Crippen LogP contribution in [-0.4, -0.2) is 16.1 Å². The predicted molar refractivity (Wildman–Crippen MR) is 94.4 cm³/mol. The summed E-state index contributed by atoms with van der Waals surface area (Å²) in [5, 5.41) is 10.3. The Morgan fingerprint density at radius 1 is 1.12 bits per heavy atom. The zero-order valence-corrected chi connectivity index (χ0v) is 14.0. The molecule has 122 valence electrons. The van der Waals surface area contributed by atoms with Crippen molar-refractivity contribution in [2.45, 2.75) is 9.59 Å². The first-order valence-electron chi connectivity index (χ1n) is 6.99. The molecule has 3 N–H and O–H groups in total. The number of rotatable bonds is 5. The summed E-state index contributed by atoms with van der Waals surface area (Å²) in [6.07, 6.45) is 0. The van der Waals surface area contributed by atoms with Gasteiger partial charge in [0.15, 0.2) is 4.34 Å². The van der Waals surface area contributed by atoms with Gasteiger partial charge in [0.1, 0.15) is 11.1 Å². The van der Waals surface area contributed by atoms with E-state index in [0.29, 0.717) is 15.2 Å². The molecule has 1 unspecified atom stereocenters. The largest absolute Gasteiger partial charge is 0.374 e. The predicted octanol–water partition coefficient (Wildman–Crippen LogP) is 3.73. The van der Waals surface area contributed by atoms with Crippen LogP contribution in [0, 0.1) is 5.82 Å². The van der Waals surface area contributed by atoms with Crippen LogP contribution in [0.25, 0.3) is 0 Å². The average Bonchev–Trinajstić information content (AvgIpc) is 3.00. The maximum Gasteiger partial charge on any atom is 0.242 e. The monoisotopic (exact) mass is 360 g/mol. The Bertz CT molecular complexity index is 824. The number of amides is 1. The van der Waals surface area contributed by atoms with Crippen molar-refractivity contribution in [1.29, 1.82) is 0 Å². The molecule has 0 spiro atoms. The molecule has 0 saturated carbocycles. The lowest BCUT2D eigenvalue weighted by Gasteiger charge is -2.15. The Morgan fingerprint density at radius 2 is 1.83 bits per heavy atom. The lowest BCUT2D eigenvalue weighted by molar-refractivity contribution is -0.115. The SMILES string of the molecule is Nc1nnc(SC(C(=O)Nc2ccc(F)cc2)c2ccccc2)s1. The number of benzene rings is 2. The molecule has 24 heavy (non-hydrogen) atoms. The van der Waals surface area contributed by atoms with E-state index in [0.717, 1.165) is 5.56 Å². The van der Waals surface area contributed by atoms with Gasteiger partial charge in [-0.2, -0.15) is 0 Å². The van der Waals surface area contributed by atoms with Gasteiger partial charge >= 0.3 is 0 Å². The summed E-state index contributed by atoms with van der Waals surface area (Å²) >= 11 is 2.50. The van der Waals surface area contributed by atoms with Gasteiger partial charge in [0.25, 0.3) is 0 Å². The minimum absolute atomic E-state index is 0.230. The van der Waals surface area contributed by atoms with Gasteiger partial charge in [-0.3, -0.25) is 4.79 Å². The van der Waals surface area contributed by atoms with Crippen LogP contribution in [-0.2, 0) is 4.79 Å². The van der Waals surface area contributed by atoms with Crippen LogP contribution < -0.4 is 11.1 Å². The van der Waals surface area contributed by atoms with Gasteiger partial charge in [0, 0.05) is 5.69 Å². The van der Waals surface area contributed by atoms with Crippen molar-refractivity contribution in [3.8, 4) is 0 Å². The fraction of sp³-hybridized carbons (Fsp3) is 0.0625. The van der Waals surface area contributed by atoms with Crippen molar-refractivity contribution in [2.24, 2.45) is 0 Å². The van der Waals surface area contributed by atoms with Gasteiger partial charge in [-0.05, 0) is 29.8 Å². The van der Waals surface area contributed by atoms with Gasteiger partial charge in [-0.25, -0.2) is 4.39 Å². The van der Waals surface area contributed by atoms with E-state index in [4.69, 9.17) is 5.73 Å². The van der Waals surface area contributed by atoms with E-state index in [2.05, 4.69) is 15.5 Å². The van der Waals surface area contributed by atoms with E-state index in [-0.39, 0.29) is 11.7 Å². The molecule has 1 heterocycles. The molecule has 5 nitrogen and oxygen atoms in total. The van der Waals surface area contributed by atoms with Crippen LogP contribution >= 0.6 is 23.1 Å². The van der Waals surface area contributed by atoms with Crippen LogP contribution in [0.15, 0.2) is 58.9 Å². The third kappa shape index (κ3) is 4.09. The Kier molecular flexibility index (Phi) is 5.07. The van der Waals surface area contributed by atoms with Crippen molar-refractivity contribution in [3.05, 3.63) is 66.0 Å². The zero-order valence-electron chi connectivity index (χ0n) is 12.3. The zero-order chi connectivity index (χ0) is 16.9. The molecular formula is C16H13FN4OS2. The van der Waals surface area contributed by atoms with Crippen LogP contribution in [0.3, 0.4) is 0 Å². The highest BCUT2D eigenvalue weighted by Crippen LogP contribution is 2.38. The highest BCUT2D eigenvalue weighted by molar-refractivity contribution is 8.02. The average molecular weight is 360 g/mol. The van der Waals surface area contributed by atoms with E-state index >= 15 is 0 Å². The third-order valence-corrected chi connectivity index (χ3v) is 5.18. The number of nitrogen functional groups attached to an aromatic ring is 1. The second kappa shape index (κ2) is 7.41. The normalized spacial score (nSPS) is 11.9. The van der Waals surface area contributed by atoms with Crippen LogP contribution in [0.5, 0.6) is 0 Å². The topological polar surface area (TPSA) is 80.9 Å². The Hall–Kier alpha value is -2.45. The lowest BCUT2D eigenvalue weighted by Crippen LogP contribution is -2.19. The van der Waals surface area contributed by atoms with Gasteiger partial charge in [0.05, 0.1) is 0 Å². The van der Waals surface area contributed by atoms with Crippen molar-refractivity contribution < 1.29 is 9.18 Å². The van der Waals surface area contributed by atoms with E-state index in [1.165, 1.54) is 47.4 Å². The third-order valence-electron chi connectivity index (χ3n) is 3.09. The number of nitrogens with zero attached hydrogens (tertiary/aromatic N) is 2. The number of carbonyl (C=O) groups excluding carboxylic acids is 1. The molecule has 3 aromatic rings. The summed E-state index contributed by atoms with van der Waals surface area (Å²) in [6, 6.07) is 15.0. The molecule has 0 aliphatic carbocycles. The fourth-order valence-electron chi connectivity index (χ4n) is 2.01. The van der Waals surface area contributed by atoms with E-state index in [1.54, 1.807) is 0 Å². The van der Waals surface area contributed by atoms with Gasteiger partial charge in [-0.1, -0.05) is 53.4 Å². The summed E-state index contributed by atoms with van der Waals surface area (Å²) in [5.74, 6) is -0.585. The van der Waals surface area contributed by atoms with Crippen molar-refractivity contribution in [3.63, 3.8) is 0 Å². The van der Waals surface area contributed by atoms with Crippen LogP contribution in [0.1, 0.15) is 10.8 Å². The number of hydrogen-bond acceptors (Lipinski definition) is 6. The van der Waals surface area contributed by atoms with Gasteiger partial charge in [0.2, 0.25) is 11.0 Å². The minimum Gasteiger partial charge on any atom is -0.374 e. The number of anilines is 2. The molecule has 2 aromatic carbocycles.